The summed E-state index contributed by atoms with van der Waals surface area (Å²) in [6, 6.07) is 5.83. The number of rotatable bonds is 7. The minimum Gasteiger partial charge on any atom is -0.492 e. The predicted molar refractivity (Wildman–Crippen MR) is 73.7 cm³/mol. The molecule has 0 amide bonds. The third-order valence-electron chi connectivity index (χ3n) is 2.46. The highest BCUT2D eigenvalue weighted by atomic mass is 16.5. The van der Waals surface area contributed by atoms with E-state index in [9.17, 15) is 0 Å². The molecule has 0 fully saturated rings. The van der Waals surface area contributed by atoms with E-state index < -0.39 is 0 Å². The molecule has 0 atom stereocenters. The molecule has 0 aliphatic carbocycles. The van der Waals surface area contributed by atoms with Crippen LogP contribution in [0, 0.1) is 0 Å². The van der Waals surface area contributed by atoms with Crippen LogP contribution < -0.4 is 15.8 Å². The Bertz CT molecular complexity index is 339. The Morgan fingerprint density at radius 2 is 2.12 bits per heavy atom. The Morgan fingerprint density at radius 3 is 2.76 bits per heavy atom. The van der Waals surface area contributed by atoms with Gasteiger partial charge in [0, 0.05) is 6.54 Å². The maximum Gasteiger partial charge on any atom is 0.144 e. The molecule has 0 aliphatic rings. The van der Waals surface area contributed by atoms with E-state index in [1.54, 1.807) is 0 Å². The van der Waals surface area contributed by atoms with Crippen molar-refractivity contribution in [2.75, 3.05) is 44.8 Å². The number of nitrogens with zero attached hydrogens (tertiary/aromatic N) is 1. The average Bonchev–Trinajstić information content (AvgIpc) is 2.29. The first-order valence-corrected chi connectivity index (χ1v) is 6.05. The molecule has 0 saturated carbocycles. The van der Waals surface area contributed by atoms with Gasteiger partial charge in [0.05, 0.1) is 18.0 Å². The summed E-state index contributed by atoms with van der Waals surface area (Å²) in [7, 11) is 4.15. The SMILES string of the molecule is CCOc1cccc(NCCCN(C)C)c1N. The highest BCUT2D eigenvalue weighted by molar-refractivity contribution is 5.72. The number of anilines is 2. The molecule has 0 radical (unpaired) electrons. The predicted octanol–water partition coefficient (Wildman–Crippen LogP) is 2.03. The molecule has 0 aliphatic heterocycles. The number of hydrogen-bond donors (Lipinski definition) is 2. The molecule has 3 N–H and O–H groups in total. The van der Waals surface area contributed by atoms with Gasteiger partial charge < -0.3 is 20.7 Å². The van der Waals surface area contributed by atoms with Gasteiger partial charge in [-0.3, -0.25) is 0 Å². The Kier molecular flexibility index (Phi) is 5.63. The molecule has 4 nitrogen and oxygen atoms in total. The van der Waals surface area contributed by atoms with Crippen molar-refractivity contribution in [2.24, 2.45) is 0 Å². The summed E-state index contributed by atoms with van der Waals surface area (Å²) in [6.07, 6.45) is 1.09. The van der Waals surface area contributed by atoms with E-state index in [2.05, 4.69) is 24.3 Å². The van der Waals surface area contributed by atoms with Gasteiger partial charge in [0.15, 0.2) is 0 Å². The van der Waals surface area contributed by atoms with Crippen molar-refractivity contribution in [1.82, 2.24) is 4.90 Å². The molecular weight excluding hydrogens is 214 g/mol. The fraction of sp³-hybridized carbons (Fsp3) is 0.538. The van der Waals surface area contributed by atoms with Crippen LogP contribution in [-0.2, 0) is 0 Å². The summed E-state index contributed by atoms with van der Waals surface area (Å²) in [5, 5.41) is 3.34. The lowest BCUT2D eigenvalue weighted by Gasteiger charge is -2.14. The van der Waals surface area contributed by atoms with Crippen molar-refractivity contribution >= 4 is 11.4 Å². The van der Waals surface area contributed by atoms with Gasteiger partial charge in [0.2, 0.25) is 0 Å². The normalized spacial score (nSPS) is 10.6. The fourth-order valence-electron chi connectivity index (χ4n) is 1.60. The number of benzene rings is 1. The van der Waals surface area contributed by atoms with Gasteiger partial charge >= 0.3 is 0 Å². The minimum atomic E-state index is 0.633. The first-order valence-electron chi connectivity index (χ1n) is 6.05. The van der Waals surface area contributed by atoms with Crippen molar-refractivity contribution in [3.8, 4) is 5.75 Å². The van der Waals surface area contributed by atoms with Crippen LogP contribution in [0.25, 0.3) is 0 Å². The molecule has 0 saturated heterocycles. The summed E-state index contributed by atoms with van der Waals surface area (Å²) in [4.78, 5) is 2.17. The van der Waals surface area contributed by atoms with Gasteiger partial charge in [-0.05, 0) is 46.1 Å². The van der Waals surface area contributed by atoms with E-state index in [-0.39, 0.29) is 0 Å². The summed E-state index contributed by atoms with van der Waals surface area (Å²) in [5.74, 6) is 0.755. The summed E-state index contributed by atoms with van der Waals surface area (Å²) < 4.78 is 5.45. The number of nitrogens with two attached hydrogens (primary N) is 1. The van der Waals surface area contributed by atoms with E-state index in [1.165, 1.54) is 0 Å². The van der Waals surface area contributed by atoms with Crippen LogP contribution in [0.5, 0.6) is 5.75 Å². The van der Waals surface area contributed by atoms with Crippen LogP contribution >= 0.6 is 0 Å². The van der Waals surface area contributed by atoms with Crippen molar-refractivity contribution < 1.29 is 4.74 Å². The number of nitrogens with one attached hydrogen (secondary N) is 1. The average molecular weight is 237 g/mol. The molecule has 1 aromatic rings. The number of nitrogen functional groups attached to an aromatic ring is 1. The summed E-state index contributed by atoms with van der Waals surface area (Å²) in [5.41, 5.74) is 7.66. The van der Waals surface area contributed by atoms with Gasteiger partial charge in [-0.15, -0.1) is 0 Å². The zero-order valence-electron chi connectivity index (χ0n) is 11.0. The second-order valence-electron chi connectivity index (χ2n) is 4.23. The van der Waals surface area contributed by atoms with E-state index in [4.69, 9.17) is 10.5 Å². The van der Waals surface area contributed by atoms with Crippen LogP contribution in [0.2, 0.25) is 0 Å². The zero-order chi connectivity index (χ0) is 12.7. The molecule has 17 heavy (non-hydrogen) atoms. The third-order valence-corrected chi connectivity index (χ3v) is 2.46. The molecule has 0 spiro atoms. The lowest BCUT2D eigenvalue weighted by Crippen LogP contribution is -2.16. The summed E-state index contributed by atoms with van der Waals surface area (Å²) in [6.45, 7) is 4.57. The first kappa shape index (κ1) is 13.6. The highest BCUT2D eigenvalue weighted by Crippen LogP contribution is 2.29. The summed E-state index contributed by atoms with van der Waals surface area (Å²) >= 11 is 0. The third kappa shape index (κ3) is 4.53. The first-order chi connectivity index (χ1) is 8.15. The van der Waals surface area contributed by atoms with E-state index in [0.29, 0.717) is 12.3 Å². The topological polar surface area (TPSA) is 50.5 Å². The van der Waals surface area contributed by atoms with Crippen molar-refractivity contribution in [3.05, 3.63) is 18.2 Å². The smallest absolute Gasteiger partial charge is 0.144 e. The van der Waals surface area contributed by atoms with Crippen LogP contribution in [0.15, 0.2) is 18.2 Å². The molecule has 4 heteroatoms. The maximum absolute atomic E-state index is 6.01. The molecular formula is C13H23N3O. The van der Waals surface area contributed by atoms with Crippen LogP contribution in [0.3, 0.4) is 0 Å². The van der Waals surface area contributed by atoms with Gasteiger partial charge in [0.1, 0.15) is 5.75 Å². The van der Waals surface area contributed by atoms with Crippen LogP contribution in [-0.4, -0.2) is 38.7 Å². The quantitative estimate of drug-likeness (QED) is 0.563. The van der Waals surface area contributed by atoms with Crippen molar-refractivity contribution in [3.63, 3.8) is 0 Å². The second kappa shape index (κ2) is 7.01. The zero-order valence-corrected chi connectivity index (χ0v) is 11.0. The van der Waals surface area contributed by atoms with E-state index >= 15 is 0 Å². The molecule has 96 valence electrons. The maximum atomic E-state index is 6.01. The van der Waals surface area contributed by atoms with E-state index in [1.807, 2.05) is 25.1 Å². The number of para-hydroxylation sites is 1. The number of ether oxygens (including phenoxy) is 1. The Labute approximate surface area is 104 Å². The van der Waals surface area contributed by atoms with Gasteiger partial charge in [0.25, 0.3) is 0 Å². The van der Waals surface area contributed by atoms with Crippen molar-refractivity contribution in [2.45, 2.75) is 13.3 Å². The molecule has 0 unspecified atom stereocenters. The lowest BCUT2D eigenvalue weighted by molar-refractivity contribution is 0.342. The monoisotopic (exact) mass is 237 g/mol. The minimum absolute atomic E-state index is 0.633. The van der Waals surface area contributed by atoms with Crippen LogP contribution in [0.4, 0.5) is 11.4 Å². The molecule has 0 heterocycles. The van der Waals surface area contributed by atoms with Crippen LogP contribution in [0.1, 0.15) is 13.3 Å². The lowest BCUT2D eigenvalue weighted by atomic mass is 10.2. The van der Waals surface area contributed by atoms with E-state index in [0.717, 1.165) is 30.9 Å². The largest absolute Gasteiger partial charge is 0.492 e. The Hall–Kier alpha value is -1.42. The van der Waals surface area contributed by atoms with Crippen molar-refractivity contribution in [1.29, 1.82) is 0 Å². The fourth-order valence-corrected chi connectivity index (χ4v) is 1.60. The second-order valence-corrected chi connectivity index (χ2v) is 4.23. The molecule has 0 bridgehead atoms. The Balaban J connectivity index is 2.50. The van der Waals surface area contributed by atoms with Gasteiger partial charge in [-0.25, -0.2) is 0 Å². The Morgan fingerprint density at radius 1 is 1.35 bits per heavy atom. The number of hydrogen-bond acceptors (Lipinski definition) is 4. The standard InChI is InChI=1S/C13H23N3O/c1-4-17-12-8-5-7-11(13(12)14)15-9-6-10-16(2)3/h5,7-8,15H,4,6,9-10,14H2,1-3H3. The molecule has 0 aromatic heterocycles. The molecule has 1 aromatic carbocycles. The highest BCUT2D eigenvalue weighted by Gasteiger charge is 2.04. The van der Waals surface area contributed by atoms with Gasteiger partial charge in [-0.1, -0.05) is 6.07 Å². The van der Waals surface area contributed by atoms with Gasteiger partial charge in [-0.2, -0.15) is 0 Å². The molecule has 1 rings (SSSR count).